The lowest BCUT2D eigenvalue weighted by Gasteiger charge is -2.28. The van der Waals surface area contributed by atoms with E-state index in [-0.39, 0.29) is 23.2 Å². The molecule has 0 heterocycles. The van der Waals surface area contributed by atoms with Crippen LogP contribution in [-0.4, -0.2) is 18.5 Å². The largest absolute Gasteiger partial charge is 0.382 e. The predicted molar refractivity (Wildman–Crippen MR) is 84.1 cm³/mol. The molecule has 1 saturated carbocycles. The van der Waals surface area contributed by atoms with Crippen LogP contribution in [0.5, 0.6) is 0 Å². The van der Waals surface area contributed by atoms with Crippen LogP contribution in [0.2, 0.25) is 0 Å². The highest BCUT2D eigenvalue weighted by Gasteiger charge is 2.35. The Morgan fingerprint density at radius 3 is 2.81 bits per heavy atom. The first-order valence-electron chi connectivity index (χ1n) is 7.79. The Kier molecular flexibility index (Phi) is 4.86. The molecule has 4 heteroatoms. The zero-order valence-corrected chi connectivity index (χ0v) is 13.1. The third-order valence-electron chi connectivity index (χ3n) is 4.37. The lowest BCUT2D eigenvalue weighted by molar-refractivity contribution is 0.0910. The van der Waals surface area contributed by atoms with Gasteiger partial charge in [0.2, 0.25) is 0 Å². The smallest absolute Gasteiger partial charge is 0.253 e. The van der Waals surface area contributed by atoms with Crippen LogP contribution in [0.4, 0.5) is 10.1 Å². The van der Waals surface area contributed by atoms with Crippen molar-refractivity contribution in [3.8, 4) is 0 Å². The summed E-state index contributed by atoms with van der Waals surface area (Å²) < 4.78 is 14.0. The van der Waals surface area contributed by atoms with Gasteiger partial charge in [-0.05, 0) is 36.8 Å². The van der Waals surface area contributed by atoms with Gasteiger partial charge in [-0.25, -0.2) is 4.39 Å². The molecule has 116 valence electrons. The summed E-state index contributed by atoms with van der Waals surface area (Å²) in [6.07, 6.45) is 4.11. The van der Waals surface area contributed by atoms with Crippen molar-refractivity contribution >= 4 is 11.6 Å². The maximum atomic E-state index is 14.0. The van der Waals surface area contributed by atoms with E-state index in [0.29, 0.717) is 17.8 Å². The maximum absolute atomic E-state index is 14.0. The maximum Gasteiger partial charge on any atom is 0.253 e. The number of carbonyl (C=O) groups is 1. The predicted octanol–water partition coefficient (Wildman–Crippen LogP) is 3.96. The second kappa shape index (κ2) is 6.46. The van der Waals surface area contributed by atoms with Gasteiger partial charge in [-0.3, -0.25) is 4.79 Å². The normalized spacial score (nSPS) is 20.3. The average molecular weight is 292 g/mol. The van der Waals surface area contributed by atoms with Crippen molar-refractivity contribution in [1.82, 2.24) is 5.32 Å². The molecule has 0 saturated heterocycles. The standard InChI is InChI=1S/C17H25FN2O/c1-4-11-19-15-12(7-5-8-13(15)18)16(21)20-14-9-6-10-17(14,2)3/h5,7-8,14,19H,4,6,9-11H2,1-3H3,(H,20,21). The fourth-order valence-electron chi connectivity index (χ4n) is 2.97. The molecule has 1 unspecified atom stereocenters. The van der Waals surface area contributed by atoms with E-state index in [1.807, 2.05) is 6.92 Å². The molecular weight excluding hydrogens is 267 g/mol. The molecule has 0 radical (unpaired) electrons. The van der Waals surface area contributed by atoms with E-state index >= 15 is 0 Å². The topological polar surface area (TPSA) is 41.1 Å². The summed E-state index contributed by atoms with van der Waals surface area (Å²) in [6, 6.07) is 4.81. The van der Waals surface area contributed by atoms with Crippen molar-refractivity contribution in [3.05, 3.63) is 29.6 Å². The summed E-state index contributed by atoms with van der Waals surface area (Å²) in [5.41, 5.74) is 0.818. The van der Waals surface area contributed by atoms with Gasteiger partial charge in [0.05, 0.1) is 11.3 Å². The fourth-order valence-corrected chi connectivity index (χ4v) is 2.97. The first-order chi connectivity index (χ1) is 9.95. The van der Waals surface area contributed by atoms with E-state index in [1.165, 1.54) is 6.07 Å². The summed E-state index contributed by atoms with van der Waals surface area (Å²) in [4.78, 5) is 12.5. The monoisotopic (exact) mass is 292 g/mol. The van der Waals surface area contributed by atoms with Gasteiger partial charge >= 0.3 is 0 Å². The Bertz CT molecular complexity index is 514. The molecule has 2 N–H and O–H groups in total. The van der Waals surface area contributed by atoms with Crippen LogP contribution in [0.15, 0.2) is 18.2 Å². The molecule has 1 atom stereocenters. The van der Waals surface area contributed by atoms with Crippen LogP contribution in [0.3, 0.4) is 0 Å². The molecule has 2 rings (SSSR count). The van der Waals surface area contributed by atoms with E-state index in [1.54, 1.807) is 12.1 Å². The molecule has 0 aromatic heterocycles. The Hall–Kier alpha value is -1.58. The summed E-state index contributed by atoms with van der Waals surface area (Å²) in [5.74, 6) is -0.560. The molecule has 0 bridgehead atoms. The number of rotatable bonds is 5. The van der Waals surface area contributed by atoms with Crippen molar-refractivity contribution < 1.29 is 9.18 Å². The molecule has 1 aromatic carbocycles. The van der Waals surface area contributed by atoms with E-state index in [9.17, 15) is 9.18 Å². The number of nitrogens with one attached hydrogen (secondary N) is 2. The SMILES string of the molecule is CCCNc1c(F)cccc1C(=O)NC1CCCC1(C)C. The second-order valence-electron chi connectivity index (χ2n) is 6.50. The summed E-state index contributed by atoms with van der Waals surface area (Å²) >= 11 is 0. The lowest BCUT2D eigenvalue weighted by atomic mass is 9.87. The number of hydrogen-bond donors (Lipinski definition) is 2. The van der Waals surface area contributed by atoms with Crippen molar-refractivity contribution in [2.45, 2.75) is 52.5 Å². The minimum Gasteiger partial charge on any atom is -0.382 e. The van der Waals surface area contributed by atoms with Crippen molar-refractivity contribution in [1.29, 1.82) is 0 Å². The third kappa shape index (κ3) is 3.55. The molecule has 1 aliphatic carbocycles. The van der Waals surface area contributed by atoms with Crippen LogP contribution < -0.4 is 10.6 Å². The van der Waals surface area contributed by atoms with Crippen LogP contribution in [0.1, 0.15) is 56.8 Å². The molecular formula is C17H25FN2O. The highest BCUT2D eigenvalue weighted by atomic mass is 19.1. The number of carbonyl (C=O) groups excluding carboxylic acids is 1. The Labute approximate surface area is 126 Å². The quantitative estimate of drug-likeness (QED) is 0.862. The number of para-hydroxylation sites is 1. The first-order valence-corrected chi connectivity index (χ1v) is 7.79. The van der Waals surface area contributed by atoms with Gasteiger partial charge < -0.3 is 10.6 Å². The van der Waals surface area contributed by atoms with Crippen molar-refractivity contribution in [2.24, 2.45) is 5.41 Å². The van der Waals surface area contributed by atoms with Crippen LogP contribution in [0.25, 0.3) is 0 Å². The molecule has 1 fully saturated rings. The molecule has 1 amide bonds. The molecule has 0 spiro atoms. The summed E-state index contributed by atoms with van der Waals surface area (Å²) in [7, 11) is 0. The van der Waals surface area contributed by atoms with Gasteiger partial charge in [0, 0.05) is 12.6 Å². The third-order valence-corrected chi connectivity index (χ3v) is 4.37. The molecule has 0 aliphatic heterocycles. The van der Waals surface area contributed by atoms with E-state index in [2.05, 4.69) is 24.5 Å². The van der Waals surface area contributed by atoms with Gasteiger partial charge in [-0.15, -0.1) is 0 Å². The Morgan fingerprint density at radius 2 is 2.19 bits per heavy atom. The first kappa shape index (κ1) is 15.8. The Balaban J connectivity index is 2.17. The number of benzene rings is 1. The molecule has 21 heavy (non-hydrogen) atoms. The van der Waals surface area contributed by atoms with Crippen LogP contribution in [0, 0.1) is 11.2 Å². The summed E-state index contributed by atoms with van der Waals surface area (Å²) in [6.45, 7) is 7.00. The number of anilines is 1. The number of hydrogen-bond acceptors (Lipinski definition) is 2. The van der Waals surface area contributed by atoms with Crippen LogP contribution >= 0.6 is 0 Å². The molecule has 1 aromatic rings. The Morgan fingerprint density at radius 1 is 1.43 bits per heavy atom. The zero-order valence-electron chi connectivity index (χ0n) is 13.1. The minimum atomic E-state index is -0.373. The van der Waals surface area contributed by atoms with E-state index in [0.717, 1.165) is 25.7 Å². The van der Waals surface area contributed by atoms with Gasteiger partial charge in [0.15, 0.2) is 0 Å². The van der Waals surface area contributed by atoms with Crippen molar-refractivity contribution in [3.63, 3.8) is 0 Å². The minimum absolute atomic E-state index is 0.111. The van der Waals surface area contributed by atoms with Crippen LogP contribution in [-0.2, 0) is 0 Å². The highest BCUT2D eigenvalue weighted by Crippen LogP contribution is 2.37. The molecule has 1 aliphatic rings. The fraction of sp³-hybridized carbons (Fsp3) is 0.588. The van der Waals surface area contributed by atoms with Gasteiger partial charge in [0.1, 0.15) is 5.82 Å². The second-order valence-corrected chi connectivity index (χ2v) is 6.50. The van der Waals surface area contributed by atoms with Gasteiger partial charge in [-0.1, -0.05) is 33.3 Å². The molecule has 3 nitrogen and oxygen atoms in total. The zero-order chi connectivity index (χ0) is 15.5. The van der Waals surface area contributed by atoms with E-state index in [4.69, 9.17) is 0 Å². The van der Waals surface area contributed by atoms with Crippen molar-refractivity contribution in [2.75, 3.05) is 11.9 Å². The average Bonchev–Trinajstić information content (AvgIpc) is 2.76. The van der Waals surface area contributed by atoms with Gasteiger partial charge in [0.25, 0.3) is 5.91 Å². The number of amides is 1. The summed E-state index contributed by atoms with van der Waals surface area (Å²) in [5, 5.41) is 6.11. The lowest BCUT2D eigenvalue weighted by Crippen LogP contribution is -2.41. The van der Waals surface area contributed by atoms with E-state index < -0.39 is 0 Å². The number of halogens is 1. The highest BCUT2D eigenvalue weighted by molar-refractivity contribution is 6.00. The van der Waals surface area contributed by atoms with Gasteiger partial charge in [-0.2, -0.15) is 0 Å².